The molecule has 0 radical (unpaired) electrons. The lowest BCUT2D eigenvalue weighted by molar-refractivity contribution is 0.202. The van der Waals surface area contributed by atoms with Gasteiger partial charge in [-0.1, -0.05) is 40.5 Å². The number of rotatable bonds is 11. The largest absolute Gasteiger partial charge is 0.312 e. The summed E-state index contributed by atoms with van der Waals surface area (Å²) >= 11 is 0. The minimum absolute atomic E-state index is 0.749. The van der Waals surface area contributed by atoms with E-state index < -0.39 is 0 Å². The number of nitrogens with one attached hydrogen (secondary N) is 1. The van der Waals surface area contributed by atoms with E-state index in [-0.39, 0.29) is 0 Å². The molecule has 1 aliphatic rings. The Labute approximate surface area is 115 Å². The molecule has 108 valence electrons. The second kappa shape index (κ2) is 8.92. The molecule has 18 heavy (non-hydrogen) atoms. The van der Waals surface area contributed by atoms with Crippen molar-refractivity contribution < 1.29 is 0 Å². The van der Waals surface area contributed by atoms with E-state index in [1.807, 2.05) is 0 Å². The van der Waals surface area contributed by atoms with Crippen LogP contribution in [0.5, 0.6) is 0 Å². The highest BCUT2D eigenvalue weighted by atomic mass is 15.1. The Morgan fingerprint density at radius 1 is 1.06 bits per heavy atom. The molecule has 1 aliphatic carbocycles. The summed E-state index contributed by atoms with van der Waals surface area (Å²) in [5.41, 5.74) is 0. The summed E-state index contributed by atoms with van der Waals surface area (Å²) in [5.74, 6) is 1.85. The van der Waals surface area contributed by atoms with E-state index in [9.17, 15) is 0 Å². The first kappa shape index (κ1) is 16.0. The van der Waals surface area contributed by atoms with Gasteiger partial charge in [-0.3, -0.25) is 0 Å². The standard InChI is InChI=1S/C16H34N2/c1-5-11-17-16(15-9-10-15)13-18(8-4)12-14(6-2)7-3/h14-17H,5-13H2,1-4H3. The fraction of sp³-hybridized carbons (Fsp3) is 1.00. The molecule has 2 nitrogen and oxygen atoms in total. The third-order valence-electron chi connectivity index (χ3n) is 4.42. The second-order valence-corrected chi connectivity index (χ2v) is 5.93. The summed E-state index contributed by atoms with van der Waals surface area (Å²) in [7, 11) is 0. The van der Waals surface area contributed by atoms with E-state index in [0.717, 1.165) is 17.9 Å². The van der Waals surface area contributed by atoms with Gasteiger partial charge < -0.3 is 10.2 Å². The summed E-state index contributed by atoms with van der Waals surface area (Å²) < 4.78 is 0. The molecule has 0 bridgehead atoms. The van der Waals surface area contributed by atoms with Gasteiger partial charge in [-0.05, 0) is 44.2 Å². The van der Waals surface area contributed by atoms with Gasteiger partial charge in [-0.25, -0.2) is 0 Å². The van der Waals surface area contributed by atoms with E-state index in [1.165, 1.54) is 58.3 Å². The van der Waals surface area contributed by atoms with Crippen molar-refractivity contribution in [2.45, 2.75) is 65.8 Å². The van der Waals surface area contributed by atoms with Gasteiger partial charge in [0, 0.05) is 19.1 Å². The van der Waals surface area contributed by atoms with E-state index in [0.29, 0.717) is 0 Å². The van der Waals surface area contributed by atoms with Gasteiger partial charge in [0.2, 0.25) is 0 Å². The molecule has 0 amide bonds. The van der Waals surface area contributed by atoms with Gasteiger partial charge in [-0.2, -0.15) is 0 Å². The Morgan fingerprint density at radius 2 is 1.72 bits per heavy atom. The predicted molar refractivity (Wildman–Crippen MR) is 81.0 cm³/mol. The molecule has 0 spiro atoms. The molecule has 0 aromatic carbocycles. The molecule has 0 heterocycles. The summed E-state index contributed by atoms with van der Waals surface area (Å²) in [4.78, 5) is 2.67. The van der Waals surface area contributed by atoms with Crippen LogP contribution in [0.15, 0.2) is 0 Å². The first-order chi connectivity index (χ1) is 8.74. The molecule has 1 saturated carbocycles. The Kier molecular flexibility index (Phi) is 7.92. The Morgan fingerprint density at radius 3 is 2.17 bits per heavy atom. The fourth-order valence-corrected chi connectivity index (χ4v) is 2.73. The highest BCUT2D eigenvalue weighted by molar-refractivity contribution is 4.88. The first-order valence-electron chi connectivity index (χ1n) is 8.20. The van der Waals surface area contributed by atoms with Crippen LogP contribution in [0.4, 0.5) is 0 Å². The van der Waals surface area contributed by atoms with Crippen molar-refractivity contribution in [2.24, 2.45) is 11.8 Å². The zero-order valence-corrected chi connectivity index (χ0v) is 13.0. The van der Waals surface area contributed by atoms with Crippen LogP contribution in [0.25, 0.3) is 0 Å². The summed E-state index contributed by atoms with van der Waals surface area (Å²) in [6.07, 6.45) is 6.79. The van der Waals surface area contributed by atoms with E-state index >= 15 is 0 Å². The smallest absolute Gasteiger partial charge is 0.0223 e. The van der Waals surface area contributed by atoms with Crippen LogP contribution >= 0.6 is 0 Å². The normalized spacial score (nSPS) is 17.7. The van der Waals surface area contributed by atoms with Gasteiger partial charge in [-0.15, -0.1) is 0 Å². The molecule has 0 aliphatic heterocycles. The van der Waals surface area contributed by atoms with Crippen LogP contribution in [-0.4, -0.2) is 37.1 Å². The van der Waals surface area contributed by atoms with Crippen molar-refractivity contribution in [1.82, 2.24) is 10.2 Å². The third kappa shape index (κ3) is 5.71. The lowest BCUT2D eigenvalue weighted by Crippen LogP contribution is -2.44. The topological polar surface area (TPSA) is 15.3 Å². The highest BCUT2D eigenvalue weighted by Crippen LogP contribution is 2.33. The lowest BCUT2D eigenvalue weighted by atomic mass is 10.0. The SMILES string of the molecule is CCCNC(CN(CC)CC(CC)CC)C1CC1. The molecule has 1 atom stereocenters. The van der Waals surface area contributed by atoms with Gasteiger partial charge >= 0.3 is 0 Å². The number of nitrogens with zero attached hydrogens (tertiary/aromatic N) is 1. The quantitative estimate of drug-likeness (QED) is 0.607. The molecular formula is C16H34N2. The Balaban J connectivity index is 2.37. The van der Waals surface area contributed by atoms with Crippen molar-refractivity contribution in [3.63, 3.8) is 0 Å². The second-order valence-electron chi connectivity index (χ2n) is 5.93. The fourth-order valence-electron chi connectivity index (χ4n) is 2.73. The van der Waals surface area contributed by atoms with E-state index in [2.05, 4.69) is 37.9 Å². The minimum atomic E-state index is 0.749. The molecule has 0 aromatic rings. The Hall–Kier alpha value is -0.0800. The van der Waals surface area contributed by atoms with Crippen molar-refractivity contribution in [2.75, 3.05) is 26.2 Å². The lowest BCUT2D eigenvalue weighted by Gasteiger charge is -2.30. The predicted octanol–water partition coefficient (Wildman–Crippen LogP) is 3.52. The average Bonchev–Trinajstić information content (AvgIpc) is 3.22. The van der Waals surface area contributed by atoms with Crippen molar-refractivity contribution in [3.05, 3.63) is 0 Å². The van der Waals surface area contributed by atoms with Crippen molar-refractivity contribution in [1.29, 1.82) is 0 Å². The molecule has 1 fully saturated rings. The summed E-state index contributed by atoms with van der Waals surface area (Å²) in [6.45, 7) is 14.2. The van der Waals surface area contributed by atoms with E-state index in [4.69, 9.17) is 0 Å². The Bertz CT molecular complexity index is 197. The van der Waals surface area contributed by atoms with Crippen LogP contribution in [0.1, 0.15) is 59.8 Å². The maximum absolute atomic E-state index is 3.76. The molecule has 2 heteroatoms. The number of likely N-dealkylation sites (N-methyl/N-ethyl adjacent to an activating group) is 1. The van der Waals surface area contributed by atoms with Crippen LogP contribution in [0, 0.1) is 11.8 Å². The zero-order chi connectivity index (χ0) is 13.4. The highest BCUT2D eigenvalue weighted by Gasteiger charge is 2.31. The van der Waals surface area contributed by atoms with E-state index in [1.54, 1.807) is 0 Å². The summed E-state index contributed by atoms with van der Waals surface area (Å²) in [5, 5.41) is 3.76. The third-order valence-corrected chi connectivity index (χ3v) is 4.42. The van der Waals surface area contributed by atoms with Gasteiger partial charge in [0.05, 0.1) is 0 Å². The molecule has 0 saturated heterocycles. The van der Waals surface area contributed by atoms with Crippen LogP contribution in [0.3, 0.4) is 0 Å². The number of hydrogen-bond acceptors (Lipinski definition) is 2. The van der Waals surface area contributed by atoms with Crippen molar-refractivity contribution in [3.8, 4) is 0 Å². The zero-order valence-electron chi connectivity index (χ0n) is 13.0. The van der Waals surface area contributed by atoms with Gasteiger partial charge in [0.25, 0.3) is 0 Å². The molecule has 0 aromatic heterocycles. The van der Waals surface area contributed by atoms with Crippen molar-refractivity contribution >= 4 is 0 Å². The van der Waals surface area contributed by atoms with Gasteiger partial charge in [0.1, 0.15) is 0 Å². The first-order valence-corrected chi connectivity index (χ1v) is 8.20. The minimum Gasteiger partial charge on any atom is -0.312 e. The molecule has 1 N–H and O–H groups in total. The van der Waals surface area contributed by atoms with Crippen LogP contribution < -0.4 is 5.32 Å². The molecule has 1 unspecified atom stereocenters. The molecule has 1 rings (SSSR count). The van der Waals surface area contributed by atoms with Crippen LogP contribution in [0.2, 0.25) is 0 Å². The monoisotopic (exact) mass is 254 g/mol. The summed E-state index contributed by atoms with van der Waals surface area (Å²) in [6, 6.07) is 0.749. The van der Waals surface area contributed by atoms with Crippen LogP contribution in [-0.2, 0) is 0 Å². The average molecular weight is 254 g/mol. The maximum atomic E-state index is 3.76. The molecular weight excluding hydrogens is 220 g/mol. The number of hydrogen-bond donors (Lipinski definition) is 1. The van der Waals surface area contributed by atoms with Gasteiger partial charge in [0.15, 0.2) is 0 Å². The maximum Gasteiger partial charge on any atom is 0.0223 e.